The Balaban J connectivity index is 1.41. The summed E-state index contributed by atoms with van der Waals surface area (Å²) >= 11 is 6.80. The lowest BCUT2D eigenvalue weighted by molar-refractivity contribution is -0.176. The summed E-state index contributed by atoms with van der Waals surface area (Å²) in [4.78, 5) is 36.8. The van der Waals surface area contributed by atoms with Gasteiger partial charge in [0.05, 0.1) is 5.41 Å². The Labute approximate surface area is 170 Å². The topological polar surface area (TPSA) is 72.5 Å². The molecule has 150 valence electrons. The highest BCUT2D eigenvalue weighted by molar-refractivity contribution is 6.24. The molecule has 0 aromatic heterocycles. The molecule has 0 spiro atoms. The van der Waals surface area contributed by atoms with Crippen LogP contribution in [0.1, 0.15) is 62.7 Å². The number of hydrogen-bond acceptors (Lipinski definition) is 4. The second kappa shape index (κ2) is 6.87. The molecule has 1 N–H and O–H groups in total. The molecule has 4 aliphatic rings. The van der Waals surface area contributed by atoms with Crippen LogP contribution >= 0.6 is 11.6 Å². The van der Waals surface area contributed by atoms with Crippen LogP contribution in [0.25, 0.3) is 0 Å². The maximum atomic E-state index is 13.0. The van der Waals surface area contributed by atoms with Crippen LogP contribution in [0.4, 0.5) is 5.69 Å². The van der Waals surface area contributed by atoms with Crippen molar-refractivity contribution in [3.05, 3.63) is 29.8 Å². The molecule has 0 radical (unpaired) electrons. The summed E-state index contributed by atoms with van der Waals surface area (Å²) in [6, 6.07) is 6.72. The largest absolute Gasteiger partial charge is 0.452 e. The van der Waals surface area contributed by atoms with E-state index in [1.54, 1.807) is 31.2 Å². The lowest BCUT2D eigenvalue weighted by Gasteiger charge is -2.58. The second-order valence-corrected chi connectivity index (χ2v) is 9.87. The fourth-order valence-corrected chi connectivity index (χ4v) is 6.48. The van der Waals surface area contributed by atoms with Crippen molar-refractivity contribution < 1.29 is 19.1 Å². The summed E-state index contributed by atoms with van der Waals surface area (Å²) < 4.78 is 5.62. The van der Waals surface area contributed by atoms with Gasteiger partial charge in [0.25, 0.3) is 5.91 Å². The molecule has 1 amide bonds. The first kappa shape index (κ1) is 19.4. The number of alkyl halides is 1. The first-order valence-electron chi connectivity index (χ1n) is 10.00. The van der Waals surface area contributed by atoms with Crippen molar-refractivity contribution in [2.24, 2.45) is 17.3 Å². The van der Waals surface area contributed by atoms with Crippen LogP contribution in [0, 0.1) is 17.3 Å². The third-order valence-electron chi connectivity index (χ3n) is 6.61. The van der Waals surface area contributed by atoms with Crippen LogP contribution < -0.4 is 5.32 Å². The number of rotatable bonds is 5. The van der Waals surface area contributed by atoms with Gasteiger partial charge in [0.15, 0.2) is 11.9 Å². The number of carbonyl (C=O) groups excluding carboxylic acids is 3. The minimum Gasteiger partial charge on any atom is -0.452 e. The van der Waals surface area contributed by atoms with Gasteiger partial charge in [-0.3, -0.25) is 14.4 Å². The molecule has 5 atom stereocenters. The fraction of sp³-hybridized carbons (Fsp3) is 0.591. The molecular formula is C22H26ClNO4. The highest BCUT2D eigenvalue weighted by Crippen LogP contribution is 2.64. The van der Waals surface area contributed by atoms with Gasteiger partial charge in [-0.05, 0) is 76.3 Å². The monoisotopic (exact) mass is 403 g/mol. The summed E-state index contributed by atoms with van der Waals surface area (Å²) in [7, 11) is 0. The molecule has 4 aliphatic carbocycles. The van der Waals surface area contributed by atoms with Gasteiger partial charge in [-0.25, -0.2) is 0 Å². The summed E-state index contributed by atoms with van der Waals surface area (Å²) in [6.07, 6.45) is 4.53. The number of halogens is 1. The van der Waals surface area contributed by atoms with Crippen molar-refractivity contribution >= 4 is 34.9 Å². The van der Waals surface area contributed by atoms with Crippen molar-refractivity contribution in [2.75, 3.05) is 5.32 Å². The normalized spacial score (nSPS) is 34.0. The number of hydrogen-bond donors (Lipinski definition) is 1. The van der Waals surface area contributed by atoms with Crippen molar-refractivity contribution in [2.45, 2.75) is 63.4 Å². The summed E-state index contributed by atoms with van der Waals surface area (Å²) in [5.74, 6) is 0.216. The first-order valence-corrected chi connectivity index (χ1v) is 10.4. The minimum atomic E-state index is -0.909. The van der Waals surface area contributed by atoms with E-state index in [-0.39, 0.29) is 16.6 Å². The Morgan fingerprint density at radius 3 is 2.46 bits per heavy atom. The standard InChI is InChI=1S/C22H26ClNO4/c1-13(25)17-4-3-5-18(7-17)24-19(26)14(2)28-20(27)21-8-15-6-16(9-21)11-22(23,10-15)12-21/h3-5,7,14-16H,6,8-12H2,1-2H3,(H,24,26)/t14-,15-,16+,21?,22?/m0/s1. The number of esters is 1. The van der Waals surface area contributed by atoms with E-state index in [1.165, 1.54) is 6.92 Å². The third-order valence-corrected chi connectivity index (χ3v) is 7.05. The van der Waals surface area contributed by atoms with Crippen molar-refractivity contribution in [1.29, 1.82) is 0 Å². The second-order valence-electron chi connectivity index (χ2n) is 9.07. The van der Waals surface area contributed by atoms with E-state index in [0.717, 1.165) is 32.1 Å². The molecule has 1 aromatic rings. The first-order chi connectivity index (χ1) is 13.2. The predicted molar refractivity (Wildman–Crippen MR) is 106 cm³/mol. The molecule has 1 aromatic carbocycles. The number of carbonyl (C=O) groups is 3. The lowest BCUT2D eigenvalue weighted by atomic mass is 9.49. The zero-order valence-corrected chi connectivity index (χ0v) is 17.1. The Bertz CT molecular complexity index is 822. The van der Waals surface area contributed by atoms with Gasteiger partial charge in [0, 0.05) is 16.1 Å². The predicted octanol–water partition coefficient (Wildman–Crippen LogP) is 4.34. The van der Waals surface area contributed by atoms with Crippen molar-refractivity contribution in [1.82, 2.24) is 0 Å². The number of anilines is 1. The number of Topliss-reactive ketones (excluding diaryl/α,β-unsaturated/α-hetero) is 1. The van der Waals surface area contributed by atoms with Gasteiger partial charge in [-0.2, -0.15) is 0 Å². The van der Waals surface area contributed by atoms with E-state index in [1.807, 2.05) is 0 Å². The Morgan fingerprint density at radius 1 is 1.18 bits per heavy atom. The third kappa shape index (κ3) is 3.57. The van der Waals surface area contributed by atoms with E-state index < -0.39 is 17.4 Å². The average Bonchev–Trinajstić information content (AvgIpc) is 2.59. The van der Waals surface area contributed by atoms with Gasteiger partial charge in [0.1, 0.15) is 0 Å². The van der Waals surface area contributed by atoms with E-state index in [4.69, 9.17) is 16.3 Å². The molecule has 5 nitrogen and oxygen atoms in total. The van der Waals surface area contributed by atoms with Gasteiger partial charge in [0.2, 0.25) is 0 Å². The maximum Gasteiger partial charge on any atom is 0.312 e. The van der Waals surface area contributed by atoms with Crippen LogP contribution in [-0.2, 0) is 14.3 Å². The summed E-state index contributed by atoms with van der Waals surface area (Å²) in [6.45, 7) is 3.06. The number of ether oxygens (including phenoxy) is 1. The zero-order valence-electron chi connectivity index (χ0n) is 16.3. The quantitative estimate of drug-likeness (QED) is 0.451. The van der Waals surface area contributed by atoms with Gasteiger partial charge in [-0.15, -0.1) is 11.6 Å². The van der Waals surface area contributed by atoms with Crippen molar-refractivity contribution in [3.8, 4) is 0 Å². The van der Waals surface area contributed by atoms with Gasteiger partial charge >= 0.3 is 5.97 Å². The van der Waals surface area contributed by atoms with E-state index in [9.17, 15) is 14.4 Å². The van der Waals surface area contributed by atoms with Crippen LogP contribution in [0.5, 0.6) is 0 Å². The Kier molecular flexibility index (Phi) is 4.77. The highest BCUT2D eigenvalue weighted by atomic mass is 35.5. The van der Waals surface area contributed by atoms with Crippen LogP contribution in [0.15, 0.2) is 24.3 Å². The molecule has 0 heterocycles. The molecule has 0 aliphatic heterocycles. The number of amides is 1. The number of benzene rings is 1. The lowest BCUT2D eigenvalue weighted by Crippen LogP contribution is -2.57. The molecule has 4 saturated carbocycles. The van der Waals surface area contributed by atoms with Gasteiger partial charge in [-0.1, -0.05) is 12.1 Å². The maximum absolute atomic E-state index is 13.0. The number of nitrogens with one attached hydrogen (secondary N) is 1. The fourth-order valence-electron chi connectivity index (χ4n) is 5.79. The smallest absolute Gasteiger partial charge is 0.312 e. The molecule has 5 rings (SSSR count). The Hall–Kier alpha value is -1.88. The minimum absolute atomic E-state index is 0.0765. The summed E-state index contributed by atoms with van der Waals surface area (Å²) in [5.41, 5.74) is 0.494. The number of ketones is 1. The molecule has 6 heteroatoms. The Morgan fingerprint density at radius 2 is 1.86 bits per heavy atom. The molecule has 2 unspecified atom stereocenters. The molecule has 0 saturated heterocycles. The van der Waals surface area contributed by atoms with E-state index in [2.05, 4.69) is 5.32 Å². The zero-order chi connectivity index (χ0) is 20.1. The highest BCUT2D eigenvalue weighted by Gasteiger charge is 2.61. The molecule has 28 heavy (non-hydrogen) atoms. The van der Waals surface area contributed by atoms with Crippen LogP contribution in [0.2, 0.25) is 0 Å². The molecule has 4 bridgehead atoms. The molecule has 4 fully saturated rings. The van der Waals surface area contributed by atoms with E-state index in [0.29, 0.717) is 29.5 Å². The SMILES string of the molecule is CC(=O)c1cccc(NC(=O)[C@H](C)OC(=O)C23C[C@@H]4C[C@@H](CC(Cl)(C4)C2)C3)c1. The van der Waals surface area contributed by atoms with E-state index >= 15 is 0 Å². The van der Waals surface area contributed by atoms with Crippen molar-refractivity contribution in [3.63, 3.8) is 0 Å². The average molecular weight is 404 g/mol. The van der Waals surface area contributed by atoms with Crippen LogP contribution in [-0.4, -0.2) is 28.6 Å². The van der Waals surface area contributed by atoms with Gasteiger partial charge < -0.3 is 10.1 Å². The molecular weight excluding hydrogens is 378 g/mol. The van der Waals surface area contributed by atoms with Crippen LogP contribution in [0.3, 0.4) is 0 Å². The summed E-state index contributed by atoms with van der Waals surface area (Å²) in [5, 5.41) is 2.73.